The summed E-state index contributed by atoms with van der Waals surface area (Å²) in [6, 6.07) is 6.10. The van der Waals surface area contributed by atoms with Crippen LogP contribution in [0.1, 0.15) is 18.9 Å². The summed E-state index contributed by atoms with van der Waals surface area (Å²) >= 11 is 0. The SMILES string of the molecule is CCC(=Cc1cccc([N+](=O)[O-])c1)C(=O)OC. The molecule has 5 heteroatoms. The van der Waals surface area contributed by atoms with Crippen molar-refractivity contribution in [3.8, 4) is 0 Å². The Morgan fingerprint density at radius 2 is 2.24 bits per heavy atom. The first-order valence-electron chi connectivity index (χ1n) is 5.11. The van der Waals surface area contributed by atoms with E-state index in [1.165, 1.54) is 19.2 Å². The molecule has 0 atom stereocenters. The van der Waals surface area contributed by atoms with Gasteiger partial charge >= 0.3 is 5.97 Å². The Kier molecular flexibility index (Phi) is 4.39. The predicted octanol–water partition coefficient (Wildman–Crippen LogP) is 2.56. The molecular formula is C12H13NO4. The van der Waals surface area contributed by atoms with Crippen LogP contribution in [0.3, 0.4) is 0 Å². The molecule has 0 radical (unpaired) electrons. The highest BCUT2D eigenvalue weighted by Gasteiger charge is 2.09. The first-order valence-corrected chi connectivity index (χ1v) is 5.11. The molecule has 0 aliphatic carbocycles. The van der Waals surface area contributed by atoms with Crippen LogP contribution in [0.5, 0.6) is 0 Å². The Hall–Kier alpha value is -2.17. The molecule has 1 rings (SSSR count). The smallest absolute Gasteiger partial charge is 0.333 e. The van der Waals surface area contributed by atoms with Gasteiger partial charge in [-0.3, -0.25) is 10.1 Å². The Bertz CT molecular complexity index is 465. The second-order valence-electron chi connectivity index (χ2n) is 3.37. The molecule has 0 bridgehead atoms. The Morgan fingerprint density at radius 3 is 2.76 bits per heavy atom. The van der Waals surface area contributed by atoms with E-state index in [1.807, 2.05) is 6.92 Å². The Labute approximate surface area is 98.9 Å². The van der Waals surface area contributed by atoms with Gasteiger partial charge in [-0.1, -0.05) is 19.1 Å². The zero-order valence-corrected chi connectivity index (χ0v) is 9.67. The van der Waals surface area contributed by atoms with Crippen molar-refractivity contribution in [1.29, 1.82) is 0 Å². The number of nitrogens with zero attached hydrogens (tertiary/aromatic N) is 1. The summed E-state index contributed by atoms with van der Waals surface area (Å²) in [6.07, 6.45) is 2.11. The van der Waals surface area contributed by atoms with Gasteiger partial charge in [0.2, 0.25) is 0 Å². The molecule has 0 aromatic heterocycles. The molecule has 17 heavy (non-hydrogen) atoms. The van der Waals surface area contributed by atoms with Gasteiger partial charge in [0.05, 0.1) is 12.0 Å². The number of esters is 1. The van der Waals surface area contributed by atoms with E-state index in [0.29, 0.717) is 17.6 Å². The maximum absolute atomic E-state index is 11.3. The molecular weight excluding hydrogens is 222 g/mol. The minimum atomic E-state index is -0.471. The van der Waals surface area contributed by atoms with Crippen molar-refractivity contribution >= 4 is 17.7 Å². The molecule has 0 spiro atoms. The lowest BCUT2D eigenvalue weighted by Crippen LogP contribution is -2.03. The van der Waals surface area contributed by atoms with Crippen LogP contribution in [0.4, 0.5) is 5.69 Å². The Balaban J connectivity index is 3.07. The molecule has 0 aliphatic rings. The van der Waals surface area contributed by atoms with E-state index in [4.69, 9.17) is 0 Å². The highest BCUT2D eigenvalue weighted by Crippen LogP contribution is 2.17. The predicted molar refractivity (Wildman–Crippen MR) is 63.4 cm³/mol. The molecule has 0 amide bonds. The summed E-state index contributed by atoms with van der Waals surface area (Å²) in [5.74, 6) is -0.418. The zero-order chi connectivity index (χ0) is 12.8. The maximum atomic E-state index is 11.3. The number of nitro benzene ring substituents is 1. The zero-order valence-electron chi connectivity index (χ0n) is 9.67. The third-order valence-corrected chi connectivity index (χ3v) is 2.25. The van der Waals surface area contributed by atoms with E-state index in [-0.39, 0.29) is 5.69 Å². The number of ether oxygens (including phenoxy) is 1. The fourth-order valence-corrected chi connectivity index (χ4v) is 1.37. The number of rotatable bonds is 4. The van der Waals surface area contributed by atoms with Crippen LogP contribution in [-0.2, 0) is 9.53 Å². The summed E-state index contributed by atoms with van der Waals surface area (Å²) in [5.41, 5.74) is 1.09. The van der Waals surface area contributed by atoms with Crippen molar-refractivity contribution in [1.82, 2.24) is 0 Å². The molecule has 0 saturated carbocycles. The van der Waals surface area contributed by atoms with Crippen LogP contribution in [0.15, 0.2) is 29.8 Å². The number of methoxy groups -OCH3 is 1. The van der Waals surface area contributed by atoms with E-state index in [1.54, 1.807) is 18.2 Å². The van der Waals surface area contributed by atoms with Gasteiger partial charge in [-0.15, -0.1) is 0 Å². The third kappa shape index (κ3) is 3.41. The normalized spacial score (nSPS) is 11.1. The quantitative estimate of drug-likeness (QED) is 0.348. The highest BCUT2D eigenvalue weighted by molar-refractivity contribution is 5.93. The van der Waals surface area contributed by atoms with E-state index < -0.39 is 10.9 Å². The fraction of sp³-hybridized carbons (Fsp3) is 0.250. The van der Waals surface area contributed by atoms with Crippen LogP contribution < -0.4 is 0 Å². The van der Waals surface area contributed by atoms with Crippen molar-refractivity contribution in [2.45, 2.75) is 13.3 Å². The molecule has 90 valence electrons. The van der Waals surface area contributed by atoms with E-state index in [9.17, 15) is 14.9 Å². The van der Waals surface area contributed by atoms with Crippen LogP contribution >= 0.6 is 0 Å². The van der Waals surface area contributed by atoms with Crippen molar-refractivity contribution in [2.75, 3.05) is 7.11 Å². The number of non-ortho nitro benzene ring substituents is 1. The lowest BCUT2D eigenvalue weighted by atomic mass is 10.1. The van der Waals surface area contributed by atoms with Gasteiger partial charge in [-0.25, -0.2) is 4.79 Å². The van der Waals surface area contributed by atoms with Crippen molar-refractivity contribution in [2.24, 2.45) is 0 Å². The minimum Gasteiger partial charge on any atom is -0.466 e. The molecule has 0 heterocycles. The number of carbonyl (C=O) groups excluding carboxylic acids is 1. The number of carbonyl (C=O) groups is 1. The second-order valence-corrected chi connectivity index (χ2v) is 3.37. The second kappa shape index (κ2) is 5.79. The standard InChI is InChI=1S/C12H13NO4/c1-3-10(12(14)17-2)7-9-5-4-6-11(8-9)13(15)16/h4-8H,3H2,1-2H3. The summed E-state index contributed by atoms with van der Waals surface area (Å²) in [5, 5.41) is 10.6. The van der Waals surface area contributed by atoms with Crippen molar-refractivity contribution in [3.05, 3.63) is 45.5 Å². The topological polar surface area (TPSA) is 69.4 Å². The van der Waals surface area contributed by atoms with E-state index >= 15 is 0 Å². The summed E-state index contributed by atoms with van der Waals surface area (Å²) < 4.78 is 4.61. The first-order chi connectivity index (χ1) is 8.08. The largest absolute Gasteiger partial charge is 0.466 e. The van der Waals surface area contributed by atoms with Gasteiger partial charge in [0.1, 0.15) is 0 Å². The van der Waals surface area contributed by atoms with Crippen LogP contribution in [0.25, 0.3) is 6.08 Å². The van der Waals surface area contributed by atoms with Crippen molar-refractivity contribution in [3.63, 3.8) is 0 Å². The lowest BCUT2D eigenvalue weighted by molar-refractivity contribution is -0.384. The van der Waals surface area contributed by atoms with Crippen LogP contribution in [-0.4, -0.2) is 18.0 Å². The van der Waals surface area contributed by atoms with Gasteiger partial charge in [-0.05, 0) is 18.1 Å². The third-order valence-electron chi connectivity index (χ3n) is 2.25. The van der Waals surface area contributed by atoms with Crippen molar-refractivity contribution < 1.29 is 14.5 Å². The maximum Gasteiger partial charge on any atom is 0.333 e. The average molecular weight is 235 g/mol. The average Bonchev–Trinajstić information content (AvgIpc) is 2.35. The number of nitro groups is 1. The highest BCUT2D eigenvalue weighted by atomic mass is 16.6. The van der Waals surface area contributed by atoms with E-state index in [0.717, 1.165) is 0 Å². The first kappa shape index (κ1) is 12.9. The van der Waals surface area contributed by atoms with Gasteiger partial charge in [0, 0.05) is 17.7 Å². The summed E-state index contributed by atoms with van der Waals surface area (Å²) in [7, 11) is 1.30. The van der Waals surface area contributed by atoms with Gasteiger partial charge in [0.25, 0.3) is 5.69 Å². The minimum absolute atomic E-state index is 0.000862. The molecule has 0 unspecified atom stereocenters. The number of hydrogen-bond donors (Lipinski definition) is 0. The summed E-state index contributed by atoms with van der Waals surface area (Å²) in [6.45, 7) is 1.82. The molecule has 0 fully saturated rings. The van der Waals surface area contributed by atoms with E-state index in [2.05, 4.69) is 4.74 Å². The fourth-order valence-electron chi connectivity index (χ4n) is 1.37. The summed E-state index contributed by atoms with van der Waals surface area (Å²) in [4.78, 5) is 21.5. The lowest BCUT2D eigenvalue weighted by Gasteiger charge is -2.02. The van der Waals surface area contributed by atoms with Gasteiger partial charge < -0.3 is 4.74 Å². The van der Waals surface area contributed by atoms with Gasteiger partial charge in [-0.2, -0.15) is 0 Å². The van der Waals surface area contributed by atoms with Crippen LogP contribution in [0, 0.1) is 10.1 Å². The molecule has 0 aliphatic heterocycles. The number of benzene rings is 1. The van der Waals surface area contributed by atoms with Gasteiger partial charge in [0.15, 0.2) is 0 Å². The molecule has 1 aromatic carbocycles. The van der Waals surface area contributed by atoms with Crippen LogP contribution in [0.2, 0.25) is 0 Å². The Morgan fingerprint density at radius 1 is 1.53 bits per heavy atom. The number of hydrogen-bond acceptors (Lipinski definition) is 4. The molecule has 0 N–H and O–H groups in total. The molecule has 0 saturated heterocycles. The molecule has 5 nitrogen and oxygen atoms in total. The molecule has 1 aromatic rings. The monoisotopic (exact) mass is 235 g/mol.